The number of benzene rings is 2. The Hall–Kier alpha value is -3.55. The number of nitrogens with one attached hydrogen (secondary N) is 2. The molecule has 0 saturated heterocycles. The van der Waals surface area contributed by atoms with E-state index in [1.165, 1.54) is 12.1 Å². The lowest BCUT2D eigenvalue weighted by Crippen LogP contribution is -2.54. The van der Waals surface area contributed by atoms with E-state index in [4.69, 9.17) is 4.74 Å². The summed E-state index contributed by atoms with van der Waals surface area (Å²) in [6.45, 7) is 11.8. The summed E-state index contributed by atoms with van der Waals surface area (Å²) < 4.78 is 5.52. The summed E-state index contributed by atoms with van der Waals surface area (Å²) in [6, 6.07) is 13.9. The van der Waals surface area contributed by atoms with Gasteiger partial charge in [-0.05, 0) is 63.8 Å². The highest BCUT2D eigenvalue weighted by molar-refractivity contribution is 5.92. The molecule has 3 unspecified atom stereocenters. The minimum Gasteiger partial charge on any atom is -0.508 e. The second-order valence-electron chi connectivity index (χ2n) is 12.0. The zero-order valence-corrected chi connectivity index (χ0v) is 26.3. The van der Waals surface area contributed by atoms with Gasteiger partial charge in [0, 0.05) is 19.0 Å². The second-order valence-corrected chi connectivity index (χ2v) is 12.0. The fraction of sp³-hybridized carbons (Fsp3) is 0.559. The fourth-order valence-electron chi connectivity index (χ4n) is 4.95. The number of carbonyl (C=O) groups is 3. The molecule has 0 aliphatic rings. The molecule has 2 rings (SSSR count). The van der Waals surface area contributed by atoms with Crippen LogP contribution in [0.15, 0.2) is 54.6 Å². The third-order valence-corrected chi connectivity index (χ3v) is 6.91. The van der Waals surface area contributed by atoms with Gasteiger partial charge in [0.2, 0.25) is 11.8 Å². The van der Waals surface area contributed by atoms with Crippen LogP contribution in [0.2, 0.25) is 0 Å². The van der Waals surface area contributed by atoms with Crippen LogP contribution in [0.1, 0.15) is 104 Å². The lowest BCUT2D eigenvalue weighted by Gasteiger charge is -2.35. The van der Waals surface area contributed by atoms with E-state index >= 15 is 0 Å². The van der Waals surface area contributed by atoms with Crippen LogP contribution in [0.4, 0.5) is 4.79 Å². The molecule has 8 heteroatoms. The molecule has 0 bridgehead atoms. The average Bonchev–Trinajstić information content (AvgIpc) is 2.91. The molecular weight excluding hydrogens is 530 g/mol. The molecule has 2 aromatic carbocycles. The van der Waals surface area contributed by atoms with Crippen molar-refractivity contribution < 1.29 is 24.2 Å². The fourth-order valence-corrected chi connectivity index (χ4v) is 4.95. The summed E-state index contributed by atoms with van der Waals surface area (Å²) in [5.41, 5.74) is 0.626. The Balaban J connectivity index is 2.54. The highest BCUT2D eigenvalue weighted by Gasteiger charge is 2.36. The van der Waals surface area contributed by atoms with Crippen LogP contribution >= 0.6 is 0 Å². The molecule has 232 valence electrons. The summed E-state index contributed by atoms with van der Waals surface area (Å²) in [7, 11) is 0. The zero-order chi connectivity index (χ0) is 31.1. The lowest BCUT2D eigenvalue weighted by molar-refractivity contribution is -0.142. The van der Waals surface area contributed by atoms with E-state index in [0.717, 1.165) is 44.1 Å². The van der Waals surface area contributed by atoms with E-state index in [2.05, 4.69) is 24.5 Å². The quantitative estimate of drug-likeness (QED) is 0.192. The van der Waals surface area contributed by atoms with Crippen molar-refractivity contribution in [2.45, 2.75) is 117 Å². The third kappa shape index (κ3) is 12.1. The van der Waals surface area contributed by atoms with Crippen LogP contribution in [0.3, 0.4) is 0 Å². The molecule has 3 amide bonds. The second kappa shape index (κ2) is 17.4. The third-order valence-electron chi connectivity index (χ3n) is 6.91. The van der Waals surface area contributed by atoms with Crippen molar-refractivity contribution in [1.82, 2.24) is 15.5 Å². The maximum absolute atomic E-state index is 14.5. The van der Waals surface area contributed by atoms with Gasteiger partial charge in [-0.15, -0.1) is 0 Å². The molecule has 0 heterocycles. The lowest BCUT2D eigenvalue weighted by atomic mass is 9.99. The van der Waals surface area contributed by atoms with Gasteiger partial charge in [-0.25, -0.2) is 4.79 Å². The molecule has 3 atom stereocenters. The summed E-state index contributed by atoms with van der Waals surface area (Å²) in [4.78, 5) is 42.9. The summed E-state index contributed by atoms with van der Waals surface area (Å²) in [5, 5.41) is 16.2. The first-order valence-corrected chi connectivity index (χ1v) is 15.4. The molecular formula is C34H51N3O5. The van der Waals surface area contributed by atoms with Crippen LogP contribution in [-0.4, -0.2) is 52.1 Å². The van der Waals surface area contributed by atoms with Gasteiger partial charge in [-0.1, -0.05) is 88.4 Å². The number of hydrogen-bond acceptors (Lipinski definition) is 5. The van der Waals surface area contributed by atoms with Gasteiger partial charge in [-0.2, -0.15) is 0 Å². The molecule has 0 saturated carbocycles. The van der Waals surface area contributed by atoms with Crippen LogP contribution in [0.25, 0.3) is 0 Å². The number of rotatable bonds is 16. The number of carbonyl (C=O) groups excluding carboxylic acids is 3. The van der Waals surface area contributed by atoms with Crippen molar-refractivity contribution in [3.05, 3.63) is 65.7 Å². The Kier molecular flexibility index (Phi) is 14.4. The van der Waals surface area contributed by atoms with Crippen molar-refractivity contribution in [3.8, 4) is 5.75 Å². The molecule has 3 N–H and O–H groups in total. The number of nitrogens with zero attached hydrogens (tertiary/aromatic N) is 1. The van der Waals surface area contributed by atoms with E-state index in [1.807, 2.05) is 37.3 Å². The molecule has 0 fully saturated rings. The highest BCUT2D eigenvalue weighted by Crippen LogP contribution is 2.27. The first-order chi connectivity index (χ1) is 19.9. The predicted octanol–water partition coefficient (Wildman–Crippen LogP) is 6.67. The molecule has 0 aromatic heterocycles. The molecule has 2 aromatic rings. The van der Waals surface area contributed by atoms with Crippen LogP contribution in [0.5, 0.6) is 5.75 Å². The Morgan fingerprint density at radius 1 is 0.905 bits per heavy atom. The van der Waals surface area contributed by atoms with Crippen LogP contribution in [0, 0.1) is 0 Å². The maximum Gasteiger partial charge on any atom is 0.408 e. The zero-order valence-electron chi connectivity index (χ0n) is 26.3. The van der Waals surface area contributed by atoms with Gasteiger partial charge in [0.05, 0.1) is 0 Å². The number of phenolic OH excluding ortho intramolecular Hbond substituents is 1. The Labute approximate surface area is 252 Å². The monoisotopic (exact) mass is 581 g/mol. The number of amides is 3. The summed E-state index contributed by atoms with van der Waals surface area (Å²) in [5.74, 6) is -0.694. The Morgan fingerprint density at radius 2 is 1.60 bits per heavy atom. The topological polar surface area (TPSA) is 108 Å². The molecule has 0 spiro atoms. The van der Waals surface area contributed by atoms with E-state index < -0.39 is 23.8 Å². The normalized spacial score (nSPS) is 13.5. The van der Waals surface area contributed by atoms with E-state index in [9.17, 15) is 19.5 Å². The minimum atomic E-state index is -0.992. The number of phenols is 1. The average molecular weight is 582 g/mol. The van der Waals surface area contributed by atoms with E-state index in [0.29, 0.717) is 18.5 Å². The first-order valence-electron chi connectivity index (χ1n) is 15.4. The summed E-state index contributed by atoms with van der Waals surface area (Å²) >= 11 is 0. The van der Waals surface area contributed by atoms with Gasteiger partial charge >= 0.3 is 6.09 Å². The number of unbranched alkanes of at least 4 members (excludes halogenated alkanes) is 4. The summed E-state index contributed by atoms with van der Waals surface area (Å²) in [6.07, 6.45) is 6.03. The van der Waals surface area contributed by atoms with E-state index in [1.54, 1.807) is 37.8 Å². The van der Waals surface area contributed by atoms with Gasteiger partial charge in [0.25, 0.3) is 0 Å². The largest absolute Gasteiger partial charge is 0.508 e. The van der Waals surface area contributed by atoms with Crippen molar-refractivity contribution in [2.75, 3.05) is 6.54 Å². The van der Waals surface area contributed by atoms with Gasteiger partial charge in [-0.3, -0.25) is 9.59 Å². The van der Waals surface area contributed by atoms with Crippen molar-refractivity contribution in [3.63, 3.8) is 0 Å². The number of ether oxygens (including phenoxy) is 1. The van der Waals surface area contributed by atoms with Crippen LogP contribution in [-0.2, 0) is 20.7 Å². The number of alkyl carbamates (subject to hydrolysis) is 1. The van der Waals surface area contributed by atoms with Gasteiger partial charge < -0.3 is 25.4 Å². The molecule has 8 nitrogen and oxygen atoms in total. The van der Waals surface area contributed by atoms with E-state index in [-0.39, 0.29) is 30.0 Å². The van der Waals surface area contributed by atoms with Gasteiger partial charge in [0.1, 0.15) is 23.4 Å². The predicted molar refractivity (Wildman–Crippen MR) is 167 cm³/mol. The first kappa shape index (κ1) is 34.7. The molecule has 0 radical (unpaired) electrons. The minimum absolute atomic E-state index is 0.00923. The smallest absolute Gasteiger partial charge is 0.408 e. The van der Waals surface area contributed by atoms with Crippen molar-refractivity contribution >= 4 is 17.9 Å². The number of aromatic hydroxyl groups is 1. The molecule has 42 heavy (non-hydrogen) atoms. The maximum atomic E-state index is 14.5. The Bertz CT molecular complexity index is 1120. The van der Waals surface area contributed by atoms with Crippen molar-refractivity contribution in [1.29, 1.82) is 0 Å². The standard InChI is InChI=1S/C34H51N3O5/c1-7-9-10-11-15-22-37(30(27-20-16-21-28(38)24-27)31(39)35-25(3)17-8-2)32(40)29(23-26-18-13-12-14-19-26)36-33(41)42-34(4,5)6/h12-14,16,18-21,24-25,29-30,38H,7-11,15,17,22-23H2,1-6H3,(H,35,39)(H,36,41). The molecule has 0 aliphatic heterocycles. The van der Waals surface area contributed by atoms with Gasteiger partial charge in [0.15, 0.2) is 0 Å². The SMILES string of the molecule is CCCCCCCN(C(=O)C(Cc1ccccc1)NC(=O)OC(C)(C)C)C(C(=O)NC(C)CCC)c1cccc(O)c1. The molecule has 0 aliphatic carbocycles. The number of hydrogen-bond donors (Lipinski definition) is 3. The van der Waals surface area contributed by atoms with Crippen LogP contribution < -0.4 is 10.6 Å². The van der Waals surface area contributed by atoms with Crippen molar-refractivity contribution in [2.24, 2.45) is 0 Å². The highest BCUT2D eigenvalue weighted by atomic mass is 16.6. The Morgan fingerprint density at radius 3 is 2.21 bits per heavy atom.